The van der Waals surface area contributed by atoms with E-state index in [-0.39, 0.29) is 11.9 Å². The second-order valence-electron chi connectivity index (χ2n) is 6.83. The number of hydrogen-bond acceptors (Lipinski definition) is 4. The molecule has 0 aromatic heterocycles. The number of rotatable bonds is 9. The minimum Gasteiger partial charge on any atom is -0.493 e. The van der Waals surface area contributed by atoms with Crippen LogP contribution in [0.4, 0.5) is 5.69 Å². The van der Waals surface area contributed by atoms with Crippen LogP contribution in [-0.2, 0) is 6.54 Å². The first-order valence-electron chi connectivity index (χ1n) is 10.2. The van der Waals surface area contributed by atoms with Crippen molar-refractivity contribution in [2.75, 3.05) is 26.1 Å². The van der Waals surface area contributed by atoms with Crippen molar-refractivity contribution in [1.29, 1.82) is 0 Å². The standard InChI is InChI=1S/C23H32N4O3/c1-6-16(3)26-22(28)18-10-8-17(9-11-18)15-25-23(24-4)27-19-12-13-20(30-7-2)21(14-19)29-5/h8-14,16H,6-7,15H2,1-5H3,(H,26,28)(H2,24,25,27). The summed E-state index contributed by atoms with van der Waals surface area (Å²) in [5.41, 5.74) is 2.53. The maximum Gasteiger partial charge on any atom is 0.251 e. The van der Waals surface area contributed by atoms with Crippen LogP contribution in [0.3, 0.4) is 0 Å². The largest absolute Gasteiger partial charge is 0.493 e. The van der Waals surface area contributed by atoms with E-state index in [1.807, 2.05) is 63.2 Å². The molecule has 0 fully saturated rings. The lowest BCUT2D eigenvalue weighted by Crippen LogP contribution is -2.32. The molecular weight excluding hydrogens is 380 g/mol. The number of guanidine groups is 1. The summed E-state index contributed by atoms with van der Waals surface area (Å²) < 4.78 is 10.9. The Morgan fingerprint density at radius 1 is 1.10 bits per heavy atom. The Labute approximate surface area is 178 Å². The van der Waals surface area contributed by atoms with Crippen LogP contribution >= 0.6 is 0 Å². The molecule has 0 radical (unpaired) electrons. The van der Waals surface area contributed by atoms with Gasteiger partial charge in [0, 0.05) is 37.0 Å². The van der Waals surface area contributed by atoms with Gasteiger partial charge in [-0.2, -0.15) is 0 Å². The van der Waals surface area contributed by atoms with E-state index in [1.54, 1.807) is 14.2 Å². The monoisotopic (exact) mass is 412 g/mol. The summed E-state index contributed by atoms with van der Waals surface area (Å²) in [6.45, 7) is 7.12. The lowest BCUT2D eigenvalue weighted by Gasteiger charge is -2.15. The van der Waals surface area contributed by atoms with Crippen LogP contribution in [-0.4, -0.2) is 38.7 Å². The number of carbonyl (C=O) groups is 1. The molecule has 1 unspecified atom stereocenters. The first-order chi connectivity index (χ1) is 14.5. The Kier molecular flexibility index (Phi) is 9.00. The van der Waals surface area contributed by atoms with E-state index < -0.39 is 0 Å². The number of carbonyl (C=O) groups excluding carboxylic acids is 1. The third-order valence-electron chi connectivity index (χ3n) is 4.62. The fourth-order valence-electron chi connectivity index (χ4n) is 2.70. The van der Waals surface area contributed by atoms with Crippen molar-refractivity contribution in [1.82, 2.24) is 10.6 Å². The van der Waals surface area contributed by atoms with E-state index in [4.69, 9.17) is 9.47 Å². The number of nitrogens with zero attached hydrogens (tertiary/aromatic N) is 1. The molecule has 2 rings (SSSR count). The summed E-state index contributed by atoms with van der Waals surface area (Å²) in [6.07, 6.45) is 0.903. The molecule has 0 aliphatic carbocycles. The Morgan fingerprint density at radius 2 is 1.83 bits per heavy atom. The van der Waals surface area contributed by atoms with E-state index >= 15 is 0 Å². The smallest absolute Gasteiger partial charge is 0.251 e. The number of nitrogens with one attached hydrogen (secondary N) is 3. The summed E-state index contributed by atoms with van der Waals surface area (Å²) in [5, 5.41) is 9.48. The summed E-state index contributed by atoms with van der Waals surface area (Å²) in [4.78, 5) is 16.4. The fraction of sp³-hybridized carbons (Fsp3) is 0.391. The van der Waals surface area contributed by atoms with E-state index in [2.05, 4.69) is 20.9 Å². The molecule has 0 saturated carbocycles. The molecule has 0 spiro atoms. The molecule has 0 aliphatic rings. The fourth-order valence-corrected chi connectivity index (χ4v) is 2.70. The number of amides is 1. The second-order valence-corrected chi connectivity index (χ2v) is 6.83. The summed E-state index contributed by atoms with van der Waals surface area (Å²) in [6, 6.07) is 13.3. The third kappa shape index (κ3) is 6.69. The molecule has 0 aliphatic heterocycles. The van der Waals surface area contributed by atoms with Crippen LogP contribution in [0, 0.1) is 0 Å². The van der Waals surface area contributed by atoms with Gasteiger partial charge in [-0.1, -0.05) is 19.1 Å². The zero-order valence-corrected chi connectivity index (χ0v) is 18.4. The van der Waals surface area contributed by atoms with Crippen LogP contribution in [0.1, 0.15) is 43.1 Å². The van der Waals surface area contributed by atoms with Crippen LogP contribution in [0.5, 0.6) is 11.5 Å². The molecule has 1 amide bonds. The van der Waals surface area contributed by atoms with Crippen molar-refractivity contribution in [3.05, 3.63) is 53.6 Å². The van der Waals surface area contributed by atoms with Crippen LogP contribution in [0.25, 0.3) is 0 Å². The molecule has 0 heterocycles. The van der Waals surface area contributed by atoms with Crippen molar-refractivity contribution in [2.45, 2.75) is 39.8 Å². The van der Waals surface area contributed by atoms with Crippen molar-refractivity contribution >= 4 is 17.6 Å². The molecule has 7 heteroatoms. The Hall–Kier alpha value is -3.22. The highest BCUT2D eigenvalue weighted by Gasteiger charge is 2.09. The highest BCUT2D eigenvalue weighted by molar-refractivity contribution is 5.95. The van der Waals surface area contributed by atoms with Gasteiger partial charge >= 0.3 is 0 Å². The number of methoxy groups -OCH3 is 1. The highest BCUT2D eigenvalue weighted by atomic mass is 16.5. The number of hydrogen-bond donors (Lipinski definition) is 3. The van der Waals surface area contributed by atoms with Gasteiger partial charge in [-0.25, -0.2) is 0 Å². The molecule has 30 heavy (non-hydrogen) atoms. The predicted molar refractivity (Wildman–Crippen MR) is 122 cm³/mol. The van der Waals surface area contributed by atoms with Gasteiger partial charge in [0.25, 0.3) is 5.91 Å². The van der Waals surface area contributed by atoms with Gasteiger partial charge in [-0.05, 0) is 50.1 Å². The van der Waals surface area contributed by atoms with Gasteiger partial charge in [-0.15, -0.1) is 0 Å². The number of aliphatic imine (C=N–C) groups is 1. The molecule has 0 bridgehead atoms. The Morgan fingerprint density at radius 3 is 2.43 bits per heavy atom. The van der Waals surface area contributed by atoms with Crippen LogP contribution < -0.4 is 25.4 Å². The molecule has 2 aromatic carbocycles. The van der Waals surface area contributed by atoms with Gasteiger partial charge in [-0.3, -0.25) is 9.79 Å². The topological polar surface area (TPSA) is 84.0 Å². The van der Waals surface area contributed by atoms with E-state index in [9.17, 15) is 4.79 Å². The lowest BCUT2D eigenvalue weighted by atomic mass is 10.1. The Balaban J connectivity index is 1.95. The average Bonchev–Trinajstić information content (AvgIpc) is 2.77. The third-order valence-corrected chi connectivity index (χ3v) is 4.62. The van der Waals surface area contributed by atoms with Gasteiger partial charge in [0.05, 0.1) is 13.7 Å². The van der Waals surface area contributed by atoms with Gasteiger partial charge < -0.3 is 25.4 Å². The summed E-state index contributed by atoms with van der Waals surface area (Å²) in [7, 11) is 3.32. The molecule has 1 atom stereocenters. The summed E-state index contributed by atoms with van der Waals surface area (Å²) >= 11 is 0. The van der Waals surface area contributed by atoms with Crippen LogP contribution in [0.15, 0.2) is 47.5 Å². The van der Waals surface area contributed by atoms with Crippen molar-refractivity contribution in [2.24, 2.45) is 4.99 Å². The maximum atomic E-state index is 12.2. The zero-order valence-electron chi connectivity index (χ0n) is 18.4. The normalized spacial score (nSPS) is 12.1. The number of benzene rings is 2. The quantitative estimate of drug-likeness (QED) is 0.431. The number of anilines is 1. The Bertz CT molecular complexity index is 850. The number of ether oxygens (including phenoxy) is 2. The molecule has 0 saturated heterocycles. The van der Waals surface area contributed by atoms with Gasteiger partial charge in [0.1, 0.15) is 0 Å². The van der Waals surface area contributed by atoms with Gasteiger partial charge in [0.15, 0.2) is 17.5 Å². The molecule has 2 aromatic rings. The molecule has 7 nitrogen and oxygen atoms in total. The van der Waals surface area contributed by atoms with Crippen molar-refractivity contribution in [3.63, 3.8) is 0 Å². The predicted octanol–water partition coefficient (Wildman–Crippen LogP) is 3.81. The summed E-state index contributed by atoms with van der Waals surface area (Å²) in [5.74, 6) is 1.93. The SMILES string of the molecule is CCOc1ccc(NC(=NC)NCc2ccc(C(=O)NC(C)CC)cc2)cc1OC. The molecular formula is C23H32N4O3. The van der Waals surface area contributed by atoms with Gasteiger partial charge in [0.2, 0.25) is 0 Å². The average molecular weight is 413 g/mol. The maximum absolute atomic E-state index is 12.2. The highest BCUT2D eigenvalue weighted by Crippen LogP contribution is 2.30. The minimum absolute atomic E-state index is 0.0502. The second kappa shape index (κ2) is 11.7. The zero-order chi connectivity index (χ0) is 21.9. The van der Waals surface area contributed by atoms with Crippen LogP contribution in [0.2, 0.25) is 0 Å². The first-order valence-corrected chi connectivity index (χ1v) is 10.2. The van der Waals surface area contributed by atoms with Crippen molar-refractivity contribution < 1.29 is 14.3 Å². The molecule has 162 valence electrons. The van der Waals surface area contributed by atoms with E-state index in [0.717, 1.165) is 17.7 Å². The first kappa shape index (κ1) is 23.1. The van der Waals surface area contributed by atoms with E-state index in [1.165, 1.54) is 0 Å². The van der Waals surface area contributed by atoms with Crippen molar-refractivity contribution in [3.8, 4) is 11.5 Å². The molecule has 3 N–H and O–H groups in total. The van der Waals surface area contributed by atoms with E-state index in [0.29, 0.717) is 36.2 Å². The minimum atomic E-state index is -0.0502. The lowest BCUT2D eigenvalue weighted by molar-refractivity contribution is 0.0939.